The number of carboxylic acid groups (broad SMARTS) is 1. The van der Waals surface area contributed by atoms with Gasteiger partial charge in [-0.3, -0.25) is 9.48 Å². The van der Waals surface area contributed by atoms with Crippen LogP contribution in [0.25, 0.3) is 11.1 Å². The SMILES string of the molecule is Cn1ncc(C(=O)O)c1CNC(=O)C(C)(C)CNC(=O)OCC1c2ccccc2-c2ccccc21. The highest BCUT2D eigenvalue weighted by molar-refractivity contribution is 5.89. The number of carbonyl (C=O) groups excluding carboxylic acids is 2. The van der Waals surface area contributed by atoms with Crippen molar-refractivity contribution in [2.45, 2.75) is 26.3 Å². The van der Waals surface area contributed by atoms with Gasteiger partial charge in [0.1, 0.15) is 12.2 Å². The van der Waals surface area contributed by atoms with Gasteiger partial charge >= 0.3 is 12.1 Å². The van der Waals surface area contributed by atoms with Crippen molar-refractivity contribution in [3.8, 4) is 11.1 Å². The lowest BCUT2D eigenvalue weighted by Crippen LogP contribution is -2.45. The lowest BCUT2D eigenvalue weighted by atomic mass is 9.92. The molecule has 4 rings (SSSR count). The van der Waals surface area contributed by atoms with Crippen LogP contribution in [-0.4, -0.2) is 46.0 Å². The van der Waals surface area contributed by atoms with E-state index in [1.165, 1.54) is 10.9 Å². The summed E-state index contributed by atoms with van der Waals surface area (Å²) in [7, 11) is 1.61. The summed E-state index contributed by atoms with van der Waals surface area (Å²) in [6.45, 7) is 3.61. The number of amides is 2. The minimum absolute atomic E-state index is 0.00530. The molecular formula is C26H28N4O5. The number of rotatable bonds is 8. The molecule has 1 heterocycles. The van der Waals surface area contributed by atoms with Crippen LogP contribution in [0.1, 0.15) is 46.9 Å². The minimum Gasteiger partial charge on any atom is -0.478 e. The van der Waals surface area contributed by atoms with Gasteiger partial charge in [0.25, 0.3) is 0 Å². The van der Waals surface area contributed by atoms with E-state index in [0.29, 0.717) is 5.69 Å². The van der Waals surface area contributed by atoms with Crippen LogP contribution in [0.15, 0.2) is 54.7 Å². The molecule has 0 saturated heterocycles. The van der Waals surface area contributed by atoms with Gasteiger partial charge in [0.2, 0.25) is 5.91 Å². The standard InChI is InChI=1S/C26H28N4O5/c1-26(2,24(33)27-13-22-20(23(31)32)12-29-30(22)3)15-28-25(34)35-14-21-18-10-6-4-8-16(18)17-9-5-7-11-19(17)21/h4-12,21H,13-15H2,1-3H3,(H,27,33)(H,28,34)(H,31,32). The topological polar surface area (TPSA) is 123 Å². The summed E-state index contributed by atoms with van der Waals surface area (Å²) in [5.41, 5.74) is 4.00. The number of fused-ring (bicyclic) bond motifs is 3. The van der Waals surface area contributed by atoms with Crippen LogP contribution in [0, 0.1) is 5.41 Å². The molecule has 2 amide bonds. The van der Waals surface area contributed by atoms with E-state index in [1.54, 1.807) is 20.9 Å². The molecule has 0 spiro atoms. The summed E-state index contributed by atoms with van der Waals surface area (Å²) in [4.78, 5) is 36.5. The number of alkyl carbamates (subject to hydrolysis) is 1. The Balaban J connectivity index is 1.31. The summed E-state index contributed by atoms with van der Waals surface area (Å²) >= 11 is 0. The maximum Gasteiger partial charge on any atom is 0.407 e. The summed E-state index contributed by atoms with van der Waals surface area (Å²) < 4.78 is 6.94. The predicted molar refractivity (Wildman–Crippen MR) is 129 cm³/mol. The van der Waals surface area contributed by atoms with Crippen LogP contribution in [0.4, 0.5) is 4.79 Å². The average Bonchev–Trinajstić information content (AvgIpc) is 3.37. The second kappa shape index (κ2) is 9.61. The van der Waals surface area contributed by atoms with Crippen molar-refractivity contribution in [3.63, 3.8) is 0 Å². The minimum atomic E-state index is -1.11. The average molecular weight is 477 g/mol. The molecule has 0 atom stereocenters. The Morgan fingerprint density at radius 2 is 1.63 bits per heavy atom. The summed E-state index contributed by atoms with van der Waals surface area (Å²) in [6, 6.07) is 16.2. The van der Waals surface area contributed by atoms with E-state index in [0.717, 1.165) is 22.3 Å². The second-order valence-corrected chi connectivity index (χ2v) is 9.18. The molecule has 1 aliphatic carbocycles. The number of nitrogens with one attached hydrogen (secondary N) is 2. The maximum absolute atomic E-state index is 12.7. The van der Waals surface area contributed by atoms with Crippen molar-refractivity contribution in [3.05, 3.63) is 77.1 Å². The summed E-state index contributed by atoms with van der Waals surface area (Å²) in [5, 5.41) is 18.6. The zero-order valence-electron chi connectivity index (χ0n) is 19.9. The summed E-state index contributed by atoms with van der Waals surface area (Å²) in [5.74, 6) is -1.50. The molecule has 3 aromatic rings. The van der Waals surface area contributed by atoms with Crippen LogP contribution < -0.4 is 10.6 Å². The van der Waals surface area contributed by atoms with Gasteiger partial charge in [0, 0.05) is 19.5 Å². The first kappa shape index (κ1) is 24.0. The Morgan fingerprint density at radius 1 is 1.03 bits per heavy atom. The molecule has 0 aliphatic heterocycles. The number of ether oxygens (including phenoxy) is 1. The highest BCUT2D eigenvalue weighted by atomic mass is 16.5. The molecule has 0 bridgehead atoms. The zero-order valence-corrected chi connectivity index (χ0v) is 19.9. The first-order valence-corrected chi connectivity index (χ1v) is 11.3. The number of aromatic carboxylic acids is 1. The van der Waals surface area contributed by atoms with Crippen molar-refractivity contribution >= 4 is 18.0 Å². The van der Waals surface area contributed by atoms with Crippen LogP contribution in [0.3, 0.4) is 0 Å². The number of aromatic nitrogens is 2. The third-order valence-corrected chi connectivity index (χ3v) is 6.34. The first-order valence-electron chi connectivity index (χ1n) is 11.3. The second-order valence-electron chi connectivity index (χ2n) is 9.18. The Labute approximate surface area is 203 Å². The molecule has 2 aromatic carbocycles. The Bertz CT molecular complexity index is 1230. The zero-order chi connectivity index (χ0) is 25.2. The normalized spacial score (nSPS) is 12.5. The number of aryl methyl sites for hydroxylation is 1. The predicted octanol–water partition coefficient (Wildman–Crippen LogP) is 3.30. The molecule has 182 valence electrons. The van der Waals surface area contributed by atoms with Crippen LogP contribution in [0.5, 0.6) is 0 Å². The van der Waals surface area contributed by atoms with Gasteiger partial charge < -0.3 is 20.5 Å². The van der Waals surface area contributed by atoms with E-state index in [9.17, 15) is 19.5 Å². The number of carboxylic acids is 1. The number of nitrogens with zero attached hydrogens (tertiary/aromatic N) is 2. The molecule has 9 nitrogen and oxygen atoms in total. The van der Waals surface area contributed by atoms with Gasteiger partial charge in [-0.2, -0.15) is 5.10 Å². The van der Waals surface area contributed by atoms with Crippen molar-refractivity contribution in [2.75, 3.05) is 13.2 Å². The van der Waals surface area contributed by atoms with Gasteiger partial charge in [-0.15, -0.1) is 0 Å². The lowest BCUT2D eigenvalue weighted by molar-refractivity contribution is -0.129. The molecule has 9 heteroatoms. The molecule has 0 fully saturated rings. The van der Waals surface area contributed by atoms with E-state index < -0.39 is 17.5 Å². The fourth-order valence-corrected chi connectivity index (χ4v) is 4.28. The molecule has 0 saturated carbocycles. The van der Waals surface area contributed by atoms with Crippen molar-refractivity contribution in [1.82, 2.24) is 20.4 Å². The van der Waals surface area contributed by atoms with Crippen LogP contribution in [-0.2, 0) is 23.1 Å². The van der Waals surface area contributed by atoms with Crippen molar-refractivity contribution < 1.29 is 24.2 Å². The third kappa shape index (κ3) is 4.89. The molecule has 0 radical (unpaired) electrons. The Kier molecular flexibility index (Phi) is 6.59. The number of benzene rings is 2. The summed E-state index contributed by atoms with van der Waals surface area (Å²) in [6.07, 6.45) is 0.640. The lowest BCUT2D eigenvalue weighted by Gasteiger charge is -2.24. The highest BCUT2D eigenvalue weighted by Crippen LogP contribution is 2.44. The van der Waals surface area contributed by atoms with Crippen molar-refractivity contribution in [1.29, 1.82) is 0 Å². The molecule has 3 N–H and O–H groups in total. The van der Waals surface area contributed by atoms with Gasteiger partial charge in [0.15, 0.2) is 0 Å². The molecule has 0 unspecified atom stereocenters. The van der Waals surface area contributed by atoms with E-state index in [1.807, 2.05) is 36.4 Å². The van der Waals surface area contributed by atoms with Gasteiger partial charge in [-0.05, 0) is 36.1 Å². The monoisotopic (exact) mass is 476 g/mol. The van der Waals surface area contributed by atoms with Gasteiger partial charge in [0.05, 0.1) is 23.9 Å². The maximum atomic E-state index is 12.7. The molecular weight excluding hydrogens is 448 g/mol. The molecule has 1 aromatic heterocycles. The van der Waals surface area contributed by atoms with E-state index in [2.05, 4.69) is 27.9 Å². The highest BCUT2D eigenvalue weighted by Gasteiger charge is 2.31. The Morgan fingerprint density at radius 3 is 2.23 bits per heavy atom. The first-order chi connectivity index (χ1) is 16.7. The Hall–Kier alpha value is -4.14. The van der Waals surface area contributed by atoms with Crippen LogP contribution in [0.2, 0.25) is 0 Å². The smallest absolute Gasteiger partial charge is 0.407 e. The van der Waals surface area contributed by atoms with Gasteiger partial charge in [-0.25, -0.2) is 9.59 Å². The fraction of sp³-hybridized carbons (Fsp3) is 0.308. The van der Waals surface area contributed by atoms with Gasteiger partial charge in [-0.1, -0.05) is 48.5 Å². The largest absolute Gasteiger partial charge is 0.478 e. The number of hydrogen-bond acceptors (Lipinski definition) is 5. The number of carbonyl (C=O) groups is 3. The number of hydrogen-bond donors (Lipinski definition) is 3. The van der Waals surface area contributed by atoms with Crippen LogP contribution >= 0.6 is 0 Å². The molecule has 1 aliphatic rings. The molecule has 35 heavy (non-hydrogen) atoms. The fourth-order valence-electron chi connectivity index (χ4n) is 4.28. The third-order valence-electron chi connectivity index (χ3n) is 6.34. The van der Waals surface area contributed by atoms with E-state index in [-0.39, 0.29) is 37.1 Å². The van der Waals surface area contributed by atoms with E-state index in [4.69, 9.17) is 4.74 Å². The van der Waals surface area contributed by atoms with Crippen molar-refractivity contribution in [2.24, 2.45) is 12.5 Å². The quantitative estimate of drug-likeness (QED) is 0.459. The van der Waals surface area contributed by atoms with E-state index >= 15 is 0 Å².